The third kappa shape index (κ3) is 8.77. The molecule has 260 valence electrons. The minimum absolute atomic E-state index is 0.0637. The summed E-state index contributed by atoms with van der Waals surface area (Å²) in [5.74, 6) is -3.35. The Labute approximate surface area is 296 Å². The van der Waals surface area contributed by atoms with Crippen molar-refractivity contribution in [3.63, 3.8) is 0 Å². The van der Waals surface area contributed by atoms with Gasteiger partial charge < -0.3 is 26.3 Å². The first kappa shape index (κ1) is 34.8. The molecule has 3 atom stereocenters. The maximum absolute atomic E-state index is 14.1. The van der Waals surface area contributed by atoms with Gasteiger partial charge in [-0.25, -0.2) is 0 Å². The Morgan fingerprint density at radius 1 is 0.667 bits per heavy atom. The molecule has 5 aromatic rings. The van der Waals surface area contributed by atoms with Gasteiger partial charge in [0.1, 0.15) is 18.1 Å². The molecular formula is C41H41N5O5. The first-order chi connectivity index (χ1) is 24.7. The van der Waals surface area contributed by atoms with Crippen molar-refractivity contribution in [2.75, 3.05) is 0 Å². The summed E-state index contributed by atoms with van der Waals surface area (Å²) in [6, 6.07) is 30.5. The summed E-state index contributed by atoms with van der Waals surface area (Å²) in [7, 11) is 0. The summed E-state index contributed by atoms with van der Waals surface area (Å²) in [5.41, 5.74) is 5.45. The average molecular weight is 684 g/mol. The number of rotatable bonds is 14. The van der Waals surface area contributed by atoms with E-state index in [1.54, 1.807) is 13.1 Å². The molecule has 6 rings (SSSR count). The van der Waals surface area contributed by atoms with Crippen LogP contribution in [0.4, 0.5) is 0 Å². The van der Waals surface area contributed by atoms with Crippen molar-refractivity contribution in [1.29, 1.82) is 0 Å². The van der Waals surface area contributed by atoms with E-state index in [-0.39, 0.29) is 31.2 Å². The molecule has 1 aromatic heterocycles. The molecule has 0 unspecified atom stereocenters. The fraction of sp³-hybridized carbons (Fsp3) is 0.244. The Hall–Kier alpha value is -6.03. The van der Waals surface area contributed by atoms with Gasteiger partial charge in [0.2, 0.25) is 23.5 Å². The first-order valence-electron chi connectivity index (χ1n) is 17.2. The topological polar surface area (TPSA) is 149 Å². The van der Waals surface area contributed by atoms with E-state index in [9.17, 15) is 24.0 Å². The third-order valence-corrected chi connectivity index (χ3v) is 9.34. The zero-order valence-electron chi connectivity index (χ0n) is 28.4. The van der Waals surface area contributed by atoms with Crippen molar-refractivity contribution >= 4 is 40.3 Å². The summed E-state index contributed by atoms with van der Waals surface area (Å²) >= 11 is 0. The highest BCUT2D eigenvalue weighted by Crippen LogP contribution is 2.26. The summed E-state index contributed by atoms with van der Waals surface area (Å²) < 4.78 is 0. The first-order valence-corrected chi connectivity index (χ1v) is 17.2. The van der Waals surface area contributed by atoms with Gasteiger partial charge in [-0.1, -0.05) is 103 Å². The van der Waals surface area contributed by atoms with E-state index in [0.29, 0.717) is 12.8 Å². The van der Waals surface area contributed by atoms with Gasteiger partial charge in [-0.05, 0) is 53.6 Å². The van der Waals surface area contributed by atoms with Gasteiger partial charge in [0.25, 0.3) is 5.91 Å². The zero-order valence-corrected chi connectivity index (χ0v) is 28.4. The standard InChI is InChI=1S/C41H41N5O5/c1-26(44-39(49)31-21-29-16-8-9-17-30(29)22-31)38(48)46-36(23-32-25-42-34-19-11-10-18-33(32)34)40(50)45-35(20-27-12-4-2-5-13-27)37(47)41(51)43-24-28-14-6-3-7-15-28/h2-19,25-26,31,35-36,42H,20-24H2,1H3,(H,43,51)(H,44,49)(H,45,50)(H,46,48)/t26-,35-,36-/m0/s1. The quantitative estimate of drug-likeness (QED) is 0.113. The van der Waals surface area contributed by atoms with Crippen molar-refractivity contribution in [2.45, 2.75) is 57.3 Å². The van der Waals surface area contributed by atoms with Crippen LogP contribution in [0.25, 0.3) is 10.9 Å². The minimum Gasteiger partial charge on any atom is -0.361 e. The summed E-state index contributed by atoms with van der Waals surface area (Å²) in [6.45, 7) is 1.72. The number of hydrogen-bond donors (Lipinski definition) is 5. The van der Waals surface area contributed by atoms with Crippen LogP contribution in [0.3, 0.4) is 0 Å². The highest BCUT2D eigenvalue weighted by atomic mass is 16.2. The number of para-hydroxylation sites is 1. The van der Waals surface area contributed by atoms with E-state index in [4.69, 9.17) is 0 Å². The number of Topliss-reactive ketones (excluding diaryl/α,β-unsaturated/α-hetero) is 1. The van der Waals surface area contributed by atoms with Gasteiger partial charge in [0, 0.05) is 42.4 Å². The van der Waals surface area contributed by atoms with Crippen LogP contribution >= 0.6 is 0 Å². The van der Waals surface area contributed by atoms with Crippen molar-refractivity contribution in [3.05, 3.63) is 143 Å². The average Bonchev–Trinajstić information content (AvgIpc) is 3.78. The summed E-state index contributed by atoms with van der Waals surface area (Å²) in [4.78, 5) is 70.9. The number of nitrogens with one attached hydrogen (secondary N) is 5. The summed E-state index contributed by atoms with van der Waals surface area (Å²) in [6.07, 6.45) is 3.12. The molecule has 0 saturated carbocycles. The molecule has 4 amide bonds. The van der Waals surface area contributed by atoms with E-state index in [2.05, 4.69) is 26.3 Å². The molecule has 1 aliphatic carbocycles. The molecule has 0 fully saturated rings. The Morgan fingerprint density at radius 3 is 1.94 bits per heavy atom. The molecule has 0 saturated heterocycles. The molecule has 0 aliphatic heterocycles. The normalized spacial score (nSPS) is 14.1. The number of carbonyl (C=O) groups is 5. The lowest BCUT2D eigenvalue weighted by Gasteiger charge is -2.24. The maximum Gasteiger partial charge on any atom is 0.289 e. The number of fused-ring (bicyclic) bond motifs is 2. The maximum atomic E-state index is 14.1. The minimum atomic E-state index is -1.21. The predicted molar refractivity (Wildman–Crippen MR) is 194 cm³/mol. The number of aromatic nitrogens is 1. The Bertz CT molecular complexity index is 2000. The fourth-order valence-corrected chi connectivity index (χ4v) is 6.52. The summed E-state index contributed by atoms with van der Waals surface area (Å²) in [5, 5.41) is 12.0. The van der Waals surface area contributed by atoms with Crippen LogP contribution in [0, 0.1) is 5.92 Å². The highest BCUT2D eigenvalue weighted by Gasteiger charge is 2.33. The van der Waals surface area contributed by atoms with Gasteiger partial charge >= 0.3 is 0 Å². The molecule has 10 nitrogen and oxygen atoms in total. The molecule has 0 spiro atoms. The second kappa shape index (κ2) is 16.1. The number of amides is 4. The van der Waals surface area contributed by atoms with Crippen LogP contribution in [0.2, 0.25) is 0 Å². The zero-order chi connectivity index (χ0) is 35.7. The van der Waals surface area contributed by atoms with E-state index in [1.807, 2.05) is 109 Å². The lowest BCUT2D eigenvalue weighted by molar-refractivity contribution is -0.140. The van der Waals surface area contributed by atoms with Crippen LogP contribution in [-0.4, -0.2) is 52.5 Å². The molecule has 5 N–H and O–H groups in total. The fourth-order valence-electron chi connectivity index (χ4n) is 6.52. The van der Waals surface area contributed by atoms with Gasteiger partial charge in [-0.15, -0.1) is 0 Å². The highest BCUT2D eigenvalue weighted by molar-refractivity contribution is 6.38. The largest absolute Gasteiger partial charge is 0.361 e. The Balaban J connectivity index is 1.18. The molecule has 1 heterocycles. The number of hydrogen-bond acceptors (Lipinski definition) is 5. The molecule has 10 heteroatoms. The van der Waals surface area contributed by atoms with Crippen molar-refractivity contribution in [1.82, 2.24) is 26.3 Å². The van der Waals surface area contributed by atoms with Gasteiger partial charge in [0.05, 0.1) is 0 Å². The molecule has 1 aliphatic rings. The third-order valence-electron chi connectivity index (χ3n) is 9.34. The molecule has 4 aromatic carbocycles. The van der Waals surface area contributed by atoms with Crippen LogP contribution in [0.15, 0.2) is 115 Å². The molecular weight excluding hydrogens is 642 g/mol. The number of benzene rings is 4. The van der Waals surface area contributed by atoms with Crippen molar-refractivity contribution < 1.29 is 24.0 Å². The van der Waals surface area contributed by atoms with Gasteiger partial charge in [-0.2, -0.15) is 0 Å². The van der Waals surface area contributed by atoms with Crippen LogP contribution in [0.1, 0.15) is 34.7 Å². The van der Waals surface area contributed by atoms with E-state index in [0.717, 1.165) is 38.7 Å². The van der Waals surface area contributed by atoms with Crippen LogP contribution in [0.5, 0.6) is 0 Å². The lowest BCUT2D eigenvalue weighted by Crippen LogP contribution is -2.57. The SMILES string of the molecule is C[C@H](NC(=O)C1Cc2ccccc2C1)C(=O)N[C@@H](Cc1c[nH]c2ccccc12)C(=O)N[C@@H](Cc1ccccc1)C(=O)C(=O)NCc1ccccc1. The number of carbonyl (C=O) groups excluding carboxylic acids is 5. The predicted octanol–water partition coefficient (Wildman–Crippen LogP) is 3.73. The lowest BCUT2D eigenvalue weighted by atomic mass is 9.99. The molecule has 0 bridgehead atoms. The van der Waals surface area contributed by atoms with Gasteiger partial charge in [-0.3, -0.25) is 24.0 Å². The number of ketones is 1. The monoisotopic (exact) mass is 683 g/mol. The van der Waals surface area contributed by atoms with Crippen LogP contribution < -0.4 is 21.3 Å². The smallest absolute Gasteiger partial charge is 0.289 e. The van der Waals surface area contributed by atoms with E-state index in [1.165, 1.54) is 0 Å². The second-order valence-corrected chi connectivity index (χ2v) is 13.0. The second-order valence-electron chi connectivity index (χ2n) is 13.0. The van der Waals surface area contributed by atoms with E-state index >= 15 is 0 Å². The Kier molecular flexibility index (Phi) is 11.0. The Morgan fingerprint density at radius 2 is 1.25 bits per heavy atom. The van der Waals surface area contributed by atoms with Crippen LogP contribution in [-0.2, 0) is 56.2 Å². The van der Waals surface area contributed by atoms with Gasteiger partial charge in [0.15, 0.2) is 0 Å². The van der Waals surface area contributed by atoms with Crippen molar-refractivity contribution in [3.8, 4) is 0 Å². The van der Waals surface area contributed by atoms with E-state index < -0.39 is 41.6 Å². The molecule has 0 radical (unpaired) electrons. The number of aromatic amines is 1. The molecule has 51 heavy (non-hydrogen) atoms. The number of H-pyrrole nitrogens is 1. The van der Waals surface area contributed by atoms with Crippen molar-refractivity contribution in [2.24, 2.45) is 5.92 Å².